The zero-order valence-electron chi connectivity index (χ0n) is 6.57. The van der Waals surface area contributed by atoms with Crippen LogP contribution in [0.25, 0.3) is 0 Å². The molecule has 3 nitrogen and oxygen atoms in total. The Balaban J connectivity index is 3.12. The van der Waals surface area contributed by atoms with Crippen molar-refractivity contribution < 1.29 is 4.79 Å². The lowest BCUT2D eigenvalue weighted by Gasteiger charge is -1.98. The molecule has 1 heterocycles. The first-order chi connectivity index (χ1) is 5.61. The summed E-state index contributed by atoms with van der Waals surface area (Å²) in [6, 6.07) is 5.01. The van der Waals surface area contributed by atoms with E-state index >= 15 is 0 Å². The zero-order valence-corrected chi connectivity index (χ0v) is 7.39. The molecule has 12 heavy (non-hydrogen) atoms. The Hall–Kier alpha value is -1.29. The number of aromatic nitrogens is 1. The number of pyridine rings is 1. The minimum absolute atomic E-state index is 0.247. The van der Waals surface area contributed by atoms with Crippen molar-refractivity contribution in [1.82, 2.24) is 4.98 Å². The fourth-order valence-electron chi connectivity index (χ4n) is 0.768. The molecule has 0 aliphatic heterocycles. The zero-order chi connectivity index (χ0) is 9.14. The van der Waals surface area contributed by atoms with Crippen molar-refractivity contribution in [2.24, 2.45) is 5.73 Å². The summed E-state index contributed by atoms with van der Waals surface area (Å²) in [7, 11) is 0. The normalized spacial score (nSPS) is 9.42. The molecular formula is C8H8N2OS. The molecule has 0 fully saturated rings. The highest BCUT2D eigenvalue weighted by molar-refractivity contribution is 7.80. The molecule has 1 amide bonds. The summed E-state index contributed by atoms with van der Waals surface area (Å²) in [6.07, 6.45) is 0. The number of carbonyl (C=O) groups is 1. The lowest BCUT2D eigenvalue weighted by Crippen LogP contribution is -2.14. The molecule has 0 bridgehead atoms. The number of amides is 1. The summed E-state index contributed by atoms with van der Waals surface area (Å²) in [4.78, 5) is 15.3. The molecular weight excluding hydrogens is 172 g/mol. The molecule has 0 saturated heterocycles. The molecule has 4 heteroatoms. The standard InChI is InChI=1S/C8H8N2OS/c1-5(12)6-3-2-4-7(10-6)8(9)11/h2-4H,1H3,(H2,9,11). The Kier molecular flexibility index (Phi) is 2.50. The molecule has 0 spiro atoms. The number of rotatable bonds is 2. The van der Waals surface area contributed by atoms with Crippen LogP contribution in [-0.2, 0) is 0 Å². The molecule has 0 radical (unpaired) electrons. The lowest BCUT2D eigenvalue weighted by atomic mass is 10.2. The number of thiocarbonyl (C=S) groups is 1. The summed E-state index contributed by atoms with van der Waals surface area (Å²) in [5, 5.41) is 0. The van der Waals surface area contributed by atoms with Crippen LogP contribution in [0.15, 0.2) is 18.2 Å². The smallest absolute Gasteiger partial charge is 0.267 e. The predicted molar refractivity (Wildman–Crippen MR) is 50.1 cm³/mol. The van der Waals surface area contributed by atoms with E-state index in [1.54, 1.807) is 25.1 Å². The van der Waals surface area contributed by atoms with Crippen molar-refractivity contribution in [2.75, 3.05) is 0 Å². The van der Waals surface area contributed by atoms with Crippen LogP contribution in [0, 0.1) is 0 Å². The average molecular weight is 180 g/mol. The minimum Gasteiger partial charge on any atom is -0.364 e. The third-order valence-electron chi connectivity index (χ3n) is 1.36. The van der Waals surface area contributed by atoms with Crippen molar-refractivity contribution in [3.63, 3.8) is 0 Å². The van der Waals surface area contributed by atoms with Crippen LogP contribution in [0.2, 0.25) is 0 Å². The van der Waals surface area contributed by atoms with Gasteiger partial charge in [0.15, 0.2) is 0 Å². The first kappa shape index (κ1) is 8.80. The number of carbonyl (C=O) groups excluding carboxylic acids is 1. The third kappa shape index (κ3) is 1.85. The van der Waals surface area contributed by atoms with Gasteiger partial charge in [0.25, 0.3) is 5.91 Å². The Bertz CT molecular complexity index is 306. The van der Waals surface area contributed by atoms with Gasteiger partial charge in [0.1, 0.15) is 5.69 Å². The molecule has 1 aromatic heterocycles. The second-order valence-electron chi connectivity index (χ2n) is 2.33. The number of hydrogen-bond donors (Lipinski definition) is 1. The van der Waals surface area contributed by atoms with E-state index < -0.39 is 5.91 Å². The van der Waals surface area contributed by atoms with Crippen LogP contribution in [0.3, 0.4) is 0 Å². The summed E-state index contributed by atoms with van der Waals surface area (Å²) >= 11 is 4.89. The number of nitrogens with two attached hydrogens (primary N) is 1. The van der Waals surface area contributed by atoms with E-state index in [1.165, 1.54) is 0 Å². The van der Waals surface area contributed by atoms with Gasteiger partial charge in [-0.2, -0.15) is 0 Å². The van der Waals surface area contributed by atoms with Crippen LogP contribution < -0.4 is 5.73 Å². The molecule has 1 aromatic rings. The molecule has 0 atom stereocenters. The SMILES string of the molecule is CC(=S)c1cccc(C(N)=O)n1. The number of primary amides is 1. The van der Waals surface area contributed by atoms with Crippen molar-refractivity contribution in [3.05, 3.63) is 29.6 Å². The Labute approximate surface area is 75.6 Å². The average Bonchev–Trinajstić information content (AvgIpc) is 2.04. The highest BCUT2D eigenvalue weighted by atomic mass is 32.1. The van der Waals surface area contributed by atoms with Crippen LogP contribution in [0.1, 0.15) is 23.1 Å². The summed E-state index contributed by atoms with van der Waals surface area (Å²) in [5.41, 5.74) is 5.91. The minimum atomic E-state index is -0.534. The molecule has 62 valence electrons. The van der Waals surface area contributed by atoms with Gasteiger partial charge in [0, 0.05) is 4.86 Å². The highest BCUT2D eigenvalue weighted by Gasteiger charge is 2.03. The van der Waals surface area contributed by atoms with Crippen molar-refractivity contribution in [3.8, 4) is 0 Å². The molecule has 0 unspecified atom stereocenters. The largest absolute Gasteiger partial charge is 0.364 e. The maximum atomic E-state index is 10.7. The van der Waals surface area contributed by atoms with Gasteiger partial charge in [-0.1, -0.05) is 18.3 Å². The maximum Gasteiger partial charge on any atom is 0.267 e. The van der Waals surface area contributed by atoms with Gasteiger partial charge in [-0.05, 0) is 19.1 Å². The Morgan fingerprint density at radius 1 is 1.50 bits per heavy atom. The van der Waals surface area contributed by atoms with E-state index in [4.69, 9.17) is 18.0 Å². The van der Waals surface area contributed by atoms with Crippen LogP contribution in [0.4, 0.5) is 0 Å². The van der Waals surface area contributed by atoms with Gasteiger partial charge < -0.3 is 5.73 Å². The highest BCUT2D eigenvalue weighted by Crippen LogP contribution is 2.00. The summed E-state index contributed by atoms with van der Waals surface area (Å²) in [5.74, 6) is -0.534. The van der Waals surface area contributed by atoms with Crippen molar-refractivity contribution in [1.29, 1.82) is 0 Å². The van der Waals surface area contributed by atoms with E-state index in [1.807, 2.05) is 0 Å². The third-order valence-corrected chi connectivity index (χ3v) is 1.57. The topological polar surface area (TPSA) is 56.0 Å². The van der Waals surface area contributed by atoms with Crippen molar-refractivity contribution >= 4 is 23.0 Å². The predicted octanol–water partition coefficient (Wildman–Crippen LogP) is 0.918. The quantitative estimate of drug-likeness (QED) is 0.544. The van der Waals surface area contributed by atoms with E-state index in [2.05, 4.69) is 4.98 Å². The monoisotopic (exact) mass is 180 g/mol. The molecule has 1 rings (SSSR count). The molecule has 0 saturated carbocycles. The van der Waals surface area contributed by atoms with E-state index in [0.29, 0.717) is 10.6 Å². The van der Waals surface area contributed by atoms with Crippen LogP contribution >= 0.6 is 12.2 Å². The van der Waals surface area contributed by atoms with Crippen LogP contribution in [-0.4, -0.2) is 15.8 Å². The second kappa shape index (κ2) is 3.40. The van der Waals surface area contributed by atoms with E-state index in [0.717, 1.165) is 0 Å². The number of nitrogens with zero attached hydrogens (tertiary/aromatic N) is 1. The maximum absolute atomic E-state index is 10.7. The van der Waals surface area contributed by atoms with E-state index in [9.17, 15) is 4.79 Å². The Morgan fingerprint density at radius 3 is 2.58 bits per heavy atom. The van der Waals surface area contributed by atoms with Gasteiger partial charge >= 0.3 is 0 Å². The first-order valence-corrected chi connectivity index (χ1v) is 3.80. The van der Waals surface area contributed by atoms with Gasteiger partial charge in [-0.3, -0.25) is 4.79 Å². The fraction of sp³-hybridized carbons (Fsp3) is 0.125. The Morgan fingerprint density at radius 2 is 2.08 bits per heavy atom. The van der Waals surface area contributed by atoms with Crippen molar-refractivity contribution in [2.45, 2.75) is 6.92 Å². The fourth-order valence-corrected chi connectivity index (χ4v) is 0.882. The van der Waals surface area contributed by atoms with Crippen LogP contribution in [0.5, 0.6) is 0 Å². The molecule has 0 aromatic carbocycles. The molecule has 2 N–H and O–H groups in total. The first-order valence-electron chi connectivity index (χ1n) is 3.39. The van der Waals surface area contributed by atoms with E-state index in [-0.39, 0.29) is 5.69 Å². The number of hydrogen-bond acceptors (Lipinski definition) is 3. The van der Waals surface area contributed by atoms with Gasteiger partial charge in [-0.25, -0.2) is 4.98 Å². The second-order valence-corrected chi connectivity index (χ2v) is 2.94. The van der Waals surface area contributed by atoms with Gasteiger partial charge in [-0.15, -0.1) is 0 Å². The van der Waals surface area contributed by atoms with Gasteiger partial charge in [0.2, 0.25) is 0 Å². The molecule has 0 aliphatic rings. The molecule has 0 aliphatic carbocycles. The summed E-state index contributed by atoms with van der Waals surface area (Å²) < 4.78 is 0. The lowest BCUT2D eigenvalue weighted by molar-refractivity contribution is 0.0995. The summed E-state index contributed by atoms with van der Waals surface area (Å²) in [6.45, 7) is 1.75. The van der Waals surface area contributed by atoms with Gasteiger partial charge in [0.05, 0.1) is 5.69 Å².